The molecule has 2 amide bonds. The van der Waals surface area contributed by atoms with Crippen LogP contribution in [0, 0.1) is 0 Å². The monoisotopic (exact) mass is 406 g/mol. The Bertz CT molecular complexity index is 991. The summed E-state index contributed by atoms with van der Waals surface area (Å²) < 4.78 is 10.9. The number of amides is 2. The second-order valence-electron chi connectivity index (χ2n) is 6.86. The Balaban J connectivity index is 1.28. The molecule has 1 saturated heterocycles. The molecule has 2 heterocycles. The Hall–Kier alpha value is -3.62. The van der Waals surface area contributed by atoms with Crippen molar-refractivity contribution in [2.75, 3.05) is 0 Å². The van der Waals surface area contributed by atoms with E-state index in [9.17, 15) is 9.59 Å². The largest absolute Gasteiger partial charge is 0.489 e. The van der Waals surface area contributed by atoms with Crippen molar-refractivity contribution in [1.29, 1.82) is 0 Å². The maximum Gasteiger partial charge on any atom is 0.305 e. The van der Waals surface area contributed by atoms with Gasteiger partial charge in [-0.2, -0.15) is 0 Å². The maximum atomic E-state index is 12.4. The Morgan fingerprint density at radius 2 is 1.70 bits per heavy atom. The average Bonchev–Trinajstić information content (AvgIpc) is 3.47. The molecule has 4 rings (SSSR count). The molecule has 1 aliphatic heterocycles. The quantitative estimate of drug-likeness (QED) is 0.468. The molecule has 1 aromatic heterocycles. The molecule has 2 aromatic carbocycles. The molecule has 8 heteroatoms. The lowest BCUT2D eigenvalue weighted by Gasteiger charge is -2.12. The van der Waals surface area contributed by atoms with Crippen molar-refractivity contribution in [2.45, 2.75) is 25.1 Å². The normalized spacial score (nSPS) is 18.0. The number of ether oxygens (including phenoxy) is 1. The summed E-state index contributed by atoms with van der Waals surface area (Å²) in [5, 5.41) is 0. The Morgan fingerprint density at radius 3 is 2.47 bits per heavy atom. The van der Waals surface area contributed by atoms with Crippen molar-refractivity contribution < 1.29 is 18.7 Å². The topological polar surface area (TPSA) is 105 Å². The van der Waals surface area contributed by atoms with Crippen LogP contribution in [0.4, 0.5) is 0 Å². The number of hydrogen-bond donors (Lipinski definition) is 4. The molecule has 1 fully saturated rings. The lowest BCUT2D eigenvalue weighted by molar-refractivity contribution is -0.123. The lowest BCUT2D eigenvalue weighted by Crippen LogP contribution is -2.50. The van der Waals surface area contributed by atoms with Crippen molar-refractivity contribution in [3.05, 3.63) is 89.9 Å². The van der Waals surface area contributed by atoms with Gasteiger partial charge in [0.2, 0.25) is 0 Å². The molecule has 0 bridgehead atoms. The van der Waals surface area contributed by atoms with Gasteiger partial charge in [0.1, 0.15) is 18.4 Å². The van der Waals surface area contributed by atoms with Crippen molar-refractivity contribution in [3.8, 4) is 5.75 Å². The fourth-order valence-corrected chi connectivity index (χ4v) is 3.22. The summed E-state index contributed by atoms with van der Waals surface area (Å²) in [4.78, 5) is 24.8. The number of hydrazine groups is 2. The van der Waals surface area contributed by atoms with Gasteiger partial charge in [-0.05, 0) is 30.2 Å². The van der Waals surface area contributed by atoms with Crippen LogP contribution in [0.15, 0.2) is 77.4 Å². The minimum atomic E-state index is -0.550. The summed E-state index contributed by atoms with van der Waals surface area (Å²) >= 11 is 0. The first kappa shape index (κ1) is 19.7. The highest BCUT2D eigenvalue weighted by atomic mass is 16.5. The van der Waals surface area contributed by atoms with Gasteiger partial charge in [0.25, 0.3) is 5.91 Å². The molecular formula is C22H22N4O4. The molecule has 0 radical (unpaired) electrons. The zero-order chi connectivity index (χ0) is 20.8. The number of carbonyl (C=O) groups excluding carboxylic acids is 2. The van der Waals surface area contributed by atoms with Gasteiger partial charge >= 0.3 is 5.91 Å². The zero-order valence-electron chi connectivity index (χ0n) is 16.1. The maximum absolute atomic E-state index is 12.4. The first-order chi connectivity index (χ1) is 14.7. The molecule has 0 spiro atoms. The van der Waals surface area contributed by atoms with Crippen LogP contribution in [-0.2, 0) is 11.4 Å². The Kier molecular flexibility index (Phi) is 6.07. The van der Waals surface area contributed by atoms with E-state index in [2.05, 4.69) is 21.7 Å². The highest BCUT2D eigenvalue weighted by Gasteiger charge is 2.30. The molecule has 1 aliphatic rings. The fraction of sp³-hybridized carbons (Fsp3) is 0.182. The summed E-state index contributed by atoms with van der Waals surface area (Å²) in [5.41, 5.74) is 12.6. The third kappa shape index (κ3) is 4.68. The number of hydrogen-bond acceptors (Lipinski definition) is 6. The van der Waals surface area contributed by atoms with Gasteiger partial charge in [0.05, 0.1) is 6.26 Å². The van der Waals surface area contributed by atoms with Crippen molar-refractivity contribution >= 4 is 11.8 Å². The van der Waals surface area contributed by atoms with E-state index in [0.29, 0.717) is 17.7 Å². The van der Waals surface area contributed by atoms with E-state index in [-0.39, 0.29) is 24.3 Å². The number of nitrogens with one attached hydrogen (secondary N) is 4. The van der Waals surface area contributed by atoms with Crippen molar-refractivity contribution in [1.82, 2.24) is 21.7 Å². The highest BCUT2D eigenvalue weighted by molar-refractivity contribution is 5.94. The van der Waals surface area contributed by atoms with Gasteiger partial charge in [-0.15, -0.1) is 0 Å². The fourth-order valence-electron chi connectivity index (χ4n) is 3.22. The van der Waals surface area contributed by atoms with Gasteiger partial charge in [-0.25, -0.2) is 10.9 Å². The third-order valence-corrected chi connectivity index (χ3v) is 4.81. The SMILES string of the molecule is O=C(NNC(=O)C1CC(c2ccccc2)NN1)c1occc1COc1ccccc1. The molecule has 0 saturated carbocycles. The molecule has 2 unspecified atom stereocenters. The molecule has 0 aliphatic carbocycles. The summed E-state index contributed by atoms with van der Waals surface area (Å²) in [6.07, 6.45) is 1.97. The van der Waals surface area contributed by atoms with Crippen LogP contribution in [0.5, 0.6) is 5.75 Å². The Morgan fingerprint density at radius 1 is 0.967 bits per heavy atom. The first-order valence-corrected chi connectivity index (χ1v) is 9.61. The Labute approximate surface area is 173 Å². The molecule has 154 valence electrons. The molecule has 3 aromatic rings. The smallest absolute Gasteiger partial charge is 0.305 e. The summed E-state index contributed by atoms with van der Waals surface area (Å²) in [6.45, 7) is 0.171. The van der Waals surface area contributed by atoms with Crippen LogP contribution in [0.3, 0.4) is 0 Å². The molecule has 30 heavy (non-hydrogen) atoms. The van der Waals surface area contributed by atoms with E-state index in [1.54, 1.807) is 6.07 Å². The number of benzene rings is 2. The van der Waals surface area contributed by atoms with Gasteiger partial charge in [-0.3, -0.25) is 20.4 Å². The standard InChI is InChI=1S/C22H22N4O4/c27-21(19-13-18(23-24-19)15-7-3-1-4-8-15)25-26-22(28)20-16(11-12-29-20)14-30-17-9-5-2-6-10-17/h1-12,18-19,23-24H,13-14H2,(H,25,27)(H,26,28). The first-order valence-electron chi connectivity index (χ1n) is 9.61. The van der Waals surface area contributed by atoms with E-state index >= 15 is 0 Å². The van der Waals surface area contributed by atoms with Crippen LogP contribution >= 0.6 is 0 Å². The molecule has 8 nitrogen and oxygen atoms in total. The van der Waals surface area contributed by atoms with Crippen LogP contribution in [0.25, 0.3) is 0 Å². The van der Waals surface area contributed by atoms with E-state index in [1.807, 2.05) is 60.7 Å². The minimum Gasteiger partial charge on any atom is -0.489 e. The van der Waals surface area contributed by atoms with Gasteiger partial charge in [0.15, 0.2) is 5.76 Å². The predicted octanol–water partition coefficient (Wildman–Crippen LogP) is 2.23. The predicted molar refractivity (Wildman–Crippen MR) is 109 cm³/mol. The lowest BCUT2D eigenvalue weighted by atomic mass is 10.0. The van der Waals surface area contributed by atoms with Gasteiger partial charge < -0.3 is 9.15 Å². The van der Waals surface area contributed by atoms with E-state index in [1.165, 1.54) is 6.26 Å². The second kappa shape index (κ2) is 9.25. The van der Waals surface area contributed by atoms with Crippen LogP contribution in [0.2, 0.25) is 0 Å². The zero-order valence-corrected chi connectivity index (χ0v) is 16.1. The van der Waals surface area contributed by atoms with E-state index < -0.39 is 11.9 Å². The van der Waals surface area contributed by atoms with Crippen LogP contribution in [0.1, 0.15) is 34.1 Å². The minimum absolute atomic E-state index is 0.0180. The summed E-state index contributed by atoms with van der Waals surface area (Å²) in [5.74, 6) is -0.120. The summed E-state index contributed by atoms with van der Waals surface area (Å²) in [6, 6.07) is 20.3. The highest BCUT2D eigenvalue weighted by Crippen LogP contribution is 2.21. The molecular weight excluding hydrogens is 384 g/mol. The molecule has 4 N–H and O–H groups in total. The average molecular weight is 406 g/mol. The summed E-state index contributed by atoms with van der Waals surface area (Å²) in [7, 11) is 0. The van der Waals surface area contributed by atoms with E-state index in [0.717, 1.165) is 5.56 Å². The number of rotatable bonds is 6. The number of para-hydroxylation sites is 1. The number of carbonyl (C=O) groups is 2. The second-order valence-corrected chi connectivity index (χ2v) is 6.86. The van der Waals surface area contributed by atoms with Gasteiger partial charge in [-0.1, -0.05) is 48.5 Å². The van der Waals surface area contributed by atoms with Crippen LogP contribution in [-0.4, -0.2) is 17.9 Å². The van der Waals surface area contributed by atoms with E-state index in [4.69, 9.17) is 9.15 Å². The third-order valence-electron chi connectivity index (χ3n) is 4.81. The number of furan rings is 1. The van der Waals surface area contributed by atoms with Crippen molar-refractivity contribution in [2.24, 2.45) is 0 Å². The van der Waals surface area contributed by atoms with Crippen LogP contribution < -0.4 is 26.4 Å². The van der Waals surface area contributed by atoms with Gasteiger partial charge in [0, 0.05) is 11.6 Å². The van der Waals surface area contributed by atoms with Crippen molar-refractivity contribution in [3.63, 3.8) is 0 Å². The molecule has 2 atom stereocenters.